The van der Waals surface area contributed by atoms with Crippen LogP contribution in [0.1, 0.15) is 17.0 Å². The molecule has 2 rings (SSSR count). The highest BCUT2D eigenvalue weighted by atomic mass is 32.1. The maximum Gasteiger partial charge on any atom is 0.418 e. The summed E-state index contributed by atoms with van der Waals surface area (Å²) in [6.07, 6.45) is -4.49. The number of benzene rings is 1. The van der Waals surface area contributed by atoms with Crippen molar-refractivity contribution in [3.8, 4) is 5.69 Å². The zero-order valence-electron chi connectivity index (χ0n) is 10.5. The Bertz CT molecular complexity index is 695. The van der Waals surface area contributed by atoms with Gasteiger partial charge < -0.3 is 0 Å². The Kier molecular flexibility index (Phi) is 3.89. The van der Waals surface area contributed by atoms with Crippen molar-refractivity contribution in [2.24, 2.45) is 0 Å². The monoisotopic (exact) mass is 300 g/mol. The van der Waals surface area contributed by atoms with Crippen LogP contribution in [-0.2, 0) is 11.9 Å². The molecule has 20 heavy (non-hydrogen) atoms. The molecule has 0 saturated heterocycles. The van der Waals surface area contributed by atoms with E-state index in [1.165, 1.54) is 31.2 Å². The molecule has 0 spiro atoms. The van der Waals surface area contributed by atoms with Gasteiger partial charge in [0.2, 0.25) is 5.43 Å². The molecule has 1 aromatic heterocycles. The van der Waals surface area contributed by atoms with Crippen LogP contribution in [0.2, 0.25) is 0 Å². The summed E-state index contributed by atoms with van der Waals surface area (Å²) in [6, 6.07) is 6.35. The van der Waals surface area contributed by atoms with Gasteiger partial charge in [0.1, 0.15) is 5.69 Å². The molecule has 0 unspecified atom stereocenters. The molecule has 2 aromatic rings. The minimum atomic E-state index is -4.49. The van der Waals surface area contributed by atoms with Crippen LogP contribution in [0.15, 0.2) is 35.1 Å². The first-order valence-electron chi connectivity index (χ1n) is 5.72. The summed E-state index contributed by atoms with van der Waals surface area (Å²) in [7, 11) is 0. The smallest absolute Gasteiger partial charge is 0.288 e. The van der Waals surface area contributed by atoms with Crippen molar-refractivity contribution in [3.05, 3.63) is 57.5 Å². The predicted octanol–water partition coefficient (Wildman–Crippen LogP) is 2.99. The van der Waals surface area contributed by atoms with Crippen molar-refractivity contribution >= 4 is 12.6 Å². The first kappa shape index (κ1) is 14.6. The van der Waals surface area contributed by atoms with Crippen molar-refractivity contribution in [1.82, 2.24) is 9.78 Å². The highest BCUT2D eigenvalue weighted by Crippen LogP contribution is 2.33. The average molecular weight is 300 g/mol. The molecule has 0 amide bonds. The summed E-state index contributed by atoms with van der Waals surface area (Å²) in [4.78, 5) is 11.6. The van der Waals surface area contributed by atoms with Crippen LogP contribution < -0.4 is 5.43 Å². The molecule has 0 saturated carbocycles. The number of hydrogen-bond donors (Lipinski definition) is 1. The summed E-state index contributed by atoms with van der Waals surface area (Å²) < 4.78 is 40.1. The molecule has 0 aliphatic rings. The molecule has 0 atom stereocenters. The fraction of sp³-hybridized carbons (Fsp3) is 0.231. The molecule has 3 nitrogen and oxygen atoms in total. The summed E-state index contributed by atoms with van der Waals surface area (Å²) in [6.45, 7) is 1.53. The fourth-order valence-electron chi connectivity index (χ4n) is 1.83. The SMILES string of the molecule is Cc1cc(=O)c(CS)nn1-c1ccccc1C(F)(F)F. The van der Waals surface area contributed by atoms with E-state index in [4.69, 9.17) is 0 Å². The molecule has 1 aromatic carbocycles. The third-order valence-corrected chi connectivity index (χ3v) is 3.07. The number of rotatable bonds is 2. The first-order chi connectivity index (χ1) is 9.34. The molecule has 0 aliphatic carbocycles. The Hall–Kier alpha value is -1.76. The maximum absolute atomic E-state index is 13.0. The predicted molar refractivity (Wildman–Crippen MR) is 72.3 cm³/mol. The topological polar surface area (TPSA) is 34.9 Å². The molecule has 0 aliphatic heterocycles. The van der Waals surface area contributed by atoms with Crippen molar-refractivity contribution in [3.63, 3.8) is 0 Å². The van der Waals surface area contributed by atoms with E-state index in [-0.39, 0.29) is 22.6 Å². The molecule has 106 valence electrons. The zero-order chi connectivity index (χ0) is 14.9. The van der Waals surface area contributed by atoms with Crippen molar-refractivity contribution in [2.75, 3.05) is 0 Å². The van der Waals surface area contributed by atoms with Gasteiger partial charge in [0.15, 0.2) is 0 Å². The molecular formula is C13H11F3N2OS. The largest absolute Gasteiger partial charge is 0.418 e. The summed E-state index contributed by atoms with van der Waals surface area (Å²) in [5, 5.41) is 3.96. The average Bonchev–Trinajstić information content (AvgIpc) is 2.38. The quantitative estimate of drug-likeness (QED) is 0.865. The standard InChI is InChI=1S/C13H11F3N2OS/c1-8-6-12(19)10(7-20)17-18(8)11-5-3-2-4-9(11)13(14,15)16/h2-6,20H,7H2,1H3. The number of hydrogen-bond acceptors (Lipinski definition) is 3. The van der Waals surface area contributed by atoms with Gasteiger partial charge in [-0.1, -0.05) is 12.1 Å². The number of aryl methyl sites for hydroxylation is 1. The normalized spacial score (nSPS) is 11.7. The Morgan fingerprint density at radius 3 is 2.55 bits per heavy atom. The van der Waals surface area contributed by atoms with Gasteiger partial charge in [-0.3, -0.25) is 4.79 Å². The van der Waals surface area contributed by atoms with Crippen LogP contribution in [0, 0.1) is 6.92 Å². The van der Waals surface area contributed by atoms with Gasteiger partial charge in [-0.15, -0.1) is 0 Å². The molecule has 0 radical (unpaired) electrons. The lowest BCUT2D eigenvalue weighted by Gasteiger charge is -2.16. The zero-order valence-corrected chi connectivity index (χ0v) is 11.4. The van der Waals surface area contributed by atoms with Gasteiger partial charge in [0.25, 0.3) is 0 Å². The number of thiol groups is 1. The van der Waals surface area contributed by atoms with Crippen LogP contribution in [0.3, 0.4) is 0 Å². The third kappa shape index (κ3) is 2.72. The molecule has 1 heterocycles. The Labute approximate surface area is 118 Å². The lowest BCUT2D eigenvalue weighted by atomic mass is 10.1. The second kappa shape index (κ2) is 5.32. The van der Waals surface area contributed by atoms with E-state index in [1.54, 1.807) is 0 Å². The summed E-state index contributed by atoms with van der Waals surface area (Å²) >= 11 is 3.96. The molecule has 0 N–H and O–H groups in total. The Morgan fingerprint density at radius 2 is 1.95 bits per heavy atom. The second-order valence-electron chi connectivity index (χ2n) is 4.18. The Balaban J connectivity index is 2.72. The van der Waals surface area contributed by atoms with Crippen LogP contribution in [0.4, 0.5) is 13.2 Å². The lowest BCUT2D eigenvalue weighted by molar-refractivity contribution is -0.137. The van der Waals surface area contributed by atoms with Crippen LogP contribution in [0.25, 0.3) is 5.69 Å². The van der Waals surface area contributed by atoms with Crippen molar-refractivity contribution < 1.29 is 13.2 Å². The van der Waals surface area contributed by atoms with Gasteiger partial charge in [0.05, 0.1) is 11.3 Å². The van der Waals surface area contributed by atoms with E-state index in [0.29, 0.717) is 5.69 Å². The van der Waals surface area contributed by atoms with Gasteiger partial charge in [-0.05, 0) is 19.1 Å². The molecule has 0 fully saturated rings. The van der Waals surface area contributed by atoms with Crippen molar-refractivity contribution in [1.29, 1.82) is 0 Å². The Morgan fingerprint density at radius 1 is 1.30 bits per heavy atom. The highest BCUT2D eigenvalue weighted by Gasteiger charge is 2.34. The van der Waals surface area contributed by atoms with Crippen LogP contribution in [-0.4, -0.2) is 9.78 Å². The van der Waals surface area contributed by atoms with Crippen molar-refractivity contribution in [2.45, 2.75) is 18.9 Å². The van der Waals surface area contributed by atoms with Gasteiger partial charge in [-0.2, -0.15) is 30.9 Å². The minimum Gasteiger partial charge on any atom is -0.288 e. The van der Waals surface area contributed by atoms with Crippen LogP contribution >= 0.6 is 12.6 Å². The van der Waals surface area contributed by atoms with E-state index in [0.717, 1.165) is 10.7 Å². The number of halogens is 3. The molecule has 0 bridgehead atoms. The first-order valence-corrected chi connectivity index (χ1v) is 6.35. The van der Waals surface area contributed by atoms with Gasteiger partial charge in [0, 0.05) is 17.5 Å². The van der Waals surface area contributed by atoms with E-state index >= 15 is 0 Å². The number of aromatic nitrogens is 2. The van der Waals surface area contributed by atoms with E-state index in [2.05, 4.69) is 17.7 Å². The second-order valence-corrected chi connectivity index (χ2v) is 4.50. The van der Waals surface area contributed by atoms with Crippen LogP contribution in [0.5, 0.6) is 0 Å². The minimum absolute atomic E-state index is 0.0628. The van der Waals surface area contributed by atoms with E-state index in [1.807, 2.05) is 0 Å². The summed E-state index contributed by atoms with van der Waals surface area (Å²) in [5.41, 5.74) is -0.809. The maximum atomic E-state index is 13.0. The fourth-order valence-corrected chi connectivity index (χ4v) is 2.05. The molecule has 7 heteroatoms. The molecular weight excluding hydrogens is 289 g/mol. The summed E-state index contributed by atoms with van der Waals surface area (Å²) in [5.74, 6) is 0.0628. The van der Waals surface area contributed by atoms with Gasteiger partial charge in [-0.25, -0.2) is 4.68 Å². The number of alkyl halides is 3. The highest BCUT2D eigenvalue weighted by molar-refractivity contribution is 7.79. The number of para-hydroxylation sites is 1. The number of nitrogens with zero attached hydrogens (tertiary/aromatic N) is 2. The van der Waals surface area contributed by atoms with Gasteiger partial charge >= 0.3 is 6.18 Å². The lowest BCUT2D eigenvalue weighted by Crippen LogP contribution is -2.20. The third-order valence-electron chi connectivity index (χ3n) is 2.77. The van der Waals surface area contributed by atoms with E-state index in [9.17, 15) is 18.0 Å². The van der Waals surface area contributed by atoms with E-state index < -0.39 is 11.7 Å².